The van der Waals surface area contributed by atoms with Crippen molar-refractivity contribution in [2.75, 3.05) is 26.3 Å². The lowest BCUT2D eigenvalue weighted by Crippen LogP contribution is -2.35. The Morgan fingerprint density at radius 1 is 1.31 bits per heavy atom. The van der Waals surface area contributed by atoms with Crippen LogP contribution in [0.1, 0.15) is 20.3 Å². The summed E-state index contributed by atoms with van der Waals surface area (Å²) in [6, 6.07) is 0. The predicted molar refractivity (Wildman–Crippen MR) is 58.3 cm³/mol. The highest BCUT2D eigenvalue weighted by Crippen LogP contribution is 2.20. The van der Waals surface area contributed by atoms with Crippen LogP contribution in [0.3, 0.4) is 0 Å². The summed E-state index contributed by atoms with van der Waals surface area (Å²) in [5.74, 6) is 0. The van der Waals surface area contributed by atoms with E-state index in [4.69, 9.17) is 0 Å². The van der Waals surface area contributed by atoms with E-state index >= 15 is 0 Å². The Hall–Kier alpha value is -0.550. The topological polar surface area (TPSA) is 21.3 Å². The fourth-order valence-corrected chi connectivity index (χ4v) is 1.13. The second-order valence-electron chi connectivity index (χ2n) is 4.14. The molecule has 0 bridgehead atoms. The van der Waals surface area contributed by atoms with Gasteiger partial charge in [-0.05, 0) is 13.0 Å². The van der Waals surface area contributed by atoms with Gasteiger partial charge < -0.3 is 10.1 Å². The molecule has 0 aliphatic rings. The van der Waals surface area contributed by atoms with Crippen molar-refractivity contribution in [3.8, 4) is 0 Å². The Kier molecular flexibility index (Phi) is 6.67. The average molecular weight is 239 g/mol. The van der Waals surface area contributed by atoms with Crippen LogP contribution in [-0.2, 0) is 4.74 Å². The van der Waals surface area contributed by atoms with Crippen LogP contribution >= 0.6 is 0 Å². The Bertz CT molecular complexity index is 206. The maximum absolute atomic E-state index is 11.9. The van der Waals surface area contributed by atoms with E-state index in [0.717, 1.165) is 13.0 Å². The van der Waals surface area contributed by atoms with Gasteiger partial charge in [0.2, 0.25) is 0 Å². The van der Waals surface area contributed by atoms with Crippen molar-refractivity contribution in [1.82, 2.24) is 5.32 Å². The van der Waals surface area contributed by atoms with Crippen LogP contribution in [0.2, 0.25) is 0 Å². The van der Waals surface area contributed by atoms with Crippen LogP contribution in [0.4, 0.5) is 13.2 Å². The van der Waals surface area contributed by atoms with Crippen LogP contribution in [0.25, 0.3) is 0 Å². The number of hydrogen-bond acceptors (Lipinski definition) is 2. The molecule has 96 valence electrons. The molecule has 2 nitrogen and oxygen atoms in total. The second-order valence-corrected chi connectivity index (χ2v) is 4.14. The molecular formula is C11H20F3NO. The number of rotatable bonds is 8. The SMILES string of the molecule is C=CC(C)(CNCCC)COCC(F)(F)F. The molecule has 0 radical (unpaired) electrons. The lowest BCUT2D eigenvalue weighted by atomic mass is 9.92. The zero-order valence-electron chi connectivity index (χ0n) is 9.86. The molecule has 0 fully saturated rings. The van der Waals surface area contributed by atoms with Gasteiger partial charge in [0.1, 0.15) is 6.61 Å². The van der Waals surface area contributed by atoms with Crippen LogP contribution in [0.15, 0.2) is 12.7 Å². The van der Waals surface area contributed by atoms with E-state index in [9.17, 15) is 13.2 Å². The summed E-state index contributed by atoms with van der Waals surface area (Å²) in [6.07, 6.45) is -1.65. The molecule has 1 N–H and O–H groups in total. The van der Waals surface area contributed by atoms with E-state index in [1.54, 1.807) is 6.08 Å². The lowest BCUT2D eigenvalue weighted by molar-refractivity contribution is -0.178. The molecule has 0 heterocycles. The molecular weight excluding hydrogens is 219 g/mol. The minimum atomic E-state index is -4.26. The van der Waals surface area contributed by atoms with Gasteiger partial charge in [-0.3, -0.25) is 0 Å². The molecule has 0 amide bonds. The van der Waals surface area contributed by atoms with E-state index in [0.29, 0.717) is 6.54 Å². The normalized spacial score (nSPS) is 15.8. The molecule has 0 aromatic carbocycles. The van der Waals surface area contributed by atoms with Gasteiger partial charge in [0.25, 0.3) is 0 Å². The minimum Gasteiger partial charge on any atom is -0.371 e. The highest BCUT2D eigenvalue weighted by atomic mass is 19.4. The first-order valence-electron chi connectivity index (χ1n) is 5.32. The van der Waals surface area contributed by atoms with Crippen molar-refractivity contribution in [2.24, 2.45) is 5.41 Å². The Morgan fingerprint density at radius 3 is 2.38 bits per heavy atom. The number of ether oxygens (including phenoxy) is 1. The van der Waals surface area contributed by atoms with Gasteiger partial charge in [0.15, 0.2) is 0 Å². The quantitative estimate of drug-likeness (QED) is 0.519. The third-order valence-electron chi connectivity index (χ3n) is 2.15. The fraction of sp³-hybridized carbons (Fsp3) is 0.818. The first-order valence-corrected chi connectivity index (χ1v) is 5.32. The summed E-state index contributed by atoms with van der Waals surface area (Å²) in [6.45, 7) is 7.69. The van der Waals surface area contributed by atoms with Crippen LogP contribution in [0, 0.1) is 5.41 Å². The Balaban J connectivity index is 3.92. The lowest BCUT2D eigenvalue weighted by Gasteiger charge is -2.26. The summed E-state index contributed by atoms with van der Waals surface area (Å²) < 4.78 is 40.3. The maximum Gasteiger partial charge on any atom is 0.411 e. The Morgan fingerprint density at radius 2 is 1.94 bits per heavy atom. The van der Waals surface area contributed by atoms with Gasteiger partial charge in [0.05, 0.1) is 6.61 Å². The van der Waals surface area contributed by atoms with E-state index in [2.05, 4.69) is 16.6 Å². The van der Waals surface area contributed by atoms with Crippen molar-refractivity contribution >= 4 is 0 Å². The number of alkyl halides is 3. The molecule has 5 heteroatoms. The largest absolute Gasteiger partial charge is 0.411 e. The van der Waals surface area contributed by atoms with Crippen LogP contribution in [0.5, 0.6) is 0 Å². The summed E-state index contributed by atoms with van der Waals surface area (Å²) in [5, 5.41) is 3.14. The van der Waals surface area contributed by atoms with Crippen molar-refractivity contribution in [2.45, 2.75) is 26.4 Å². The highest BCUT2D eigenvalue weighted by molar-refractivity contribution is 4.93. The van der Waals surface area contributed by atoms with Crippen molar-refractivity contribution in [3.05, 3.63) is 12.7 Å². The van der Waals surface area contributed by atoms with E-state index in [1.807, 2.05) is 13.8 Å². The number of hydrogen-bond donors (Lipinski definition) is 1. The molecule has 0 aliphatic carbocycles. The van der Waals surface area contributed by atoms with Gasteiger partial charge >= 0.3 is 6.18 Å². The van der Waals surface area contributed by atoms with Crippen molar-refractivity contribution in [3.63, 3.8) is 0 Å². The number of halogens is 3. The Labute approximate surface area is 94.9 Å². The molecule has 0 saturated heterocycles. The van der Waals surface area contributed by atoms with Crippen molar-refractivity contribution in [1.29, 1.82) is 0 Å². The third kappa shape index (κ3) is 7.70. The smallest absolute Gasteiger partial charge is 0.371 e. The maximum atomic E-state index is 11.9. The average Bonchev–Trinajstić information content (AvgIpc) is 2.16. The second kappa shape index (κ2) is 6.91. The molecule has 0 rings (SSSR count). The van der Waals surface area contributed by atoms with Gasteiger partial charge in [-0.1, -0.05) is 19.9 Å². The van der Waals surface area contributed by atoms with Gasteiger partial charge in [-0.25, -0.2) is 0 Å². The van der Waals surface area contributed by atoms with Crippen LogP contribution < -0.4 is 5.32 Å². The third-order valence-corrected chi connectivity index (χ3v) is 2.15. The molecule has 0 aromatic heterocycles. The molecule has 1 unspecified atom stereocenters. The van der Waals surface area contributed by atoms with E-state index in [1.165, 1.54) is 0 Å². The van der Waals surface area contributed by atoms with Crippen LogP contribution in [-0.4, -0.2) is 32.5 Å². The summed E-state index contributed by atoms with van der Waals surface area (Å²) in [5.41, 5.74) is -0.458. The summed E-state index contributed by atoms with van der Waals surface area (Å²) in [4.78, 5) is 0. The molecule has 0 saturated carbocycles. The molecule has 0 aliphatic heterocycles. The molecule has 1 atom stereocenters. The molecule has 0 spiro atoms. The summed E-state index contributed by atoms with van der Waals surface area (Å²) in [7, 11) is 0. The zero-order valence-corrected chi connectivity index (χ0v) is 9.86. The monoisotopic (exact) mass is 239 g/mol. The summed E-state index contributed by atoms with van der Waals surface area (Å²) >= 11 is 0. The molecule has 16 heavy (non-hydrogen) atoms. The number of nitrogens with one attached hydrogen (secondary N) is 1. The standard InChI is InChI=1S/C11H20F3NO/c1-4-6-15-7-10(3,5-2)8-16-9-11(12,13)14/h5,15H,2,4,6-9H2,1,3H3. The zero-order chi connectivity index (χ0) is 12.7. The van der Waals surface area contributed by atoms with Gasteiger partial charge in [-0.15, -0.1) is 6.58 Å². The van der Waals surface area contributed by atoms with Gasteiger partial charge in [-0.2, -0.15) is 13.2 Å². The van der Waals surface area contributed by atoms with E-state index in [-0.39, 0.29) is 6.61 Å². The minimum absolute atomic E-state index is 0.0206. The molecule has 0 aromatic rings. The van der Waals surface area contributed by atoms with E-state index < -0.39 is 18.2 Å². The highest BCUT2D eigenvalue weighted by Gasteiger charge is 2.29. The van der Waals surface area contributed by atoms with Gasteiger partial charge in [0, 0.05) is 12.0 Å². The predicted octanol–water partition coefficient (Wildman–Crippen LogP) is 2.76. The first-order chi connectivity index (χ1) is 7.33. The van der Waals surface area contributed by atoms with Crippen molar-refractivity contribution < 1.29 is 17.9 Å². The first kappa shape index (κ1) is 15.4. The fourth-order valence-electron chi connectivity index (χ4n) is 1.13.